The maximum Gasteiger partial charge on any atom is 0.287 e. The summed E-state index contributed by atoms with van der Waals surface area (Å²) in [5.74, 6) is 0.455. The summed E-state index contributed by atoms with van der Waals surface area (Å²) in [5, 5.41) is 7.97. The van der Waals surface area contributed by atoms with Gasteiger partial charge in [-0.25, -0.2) is 4.68 Å². The predicted octanol–water partition coefficient (Wildman–Crippen LogP) is 3.57. The Bertz CT molecular complexity index is 844. The minimum Gasteiger partial charge on any atom is -0.382 e. The van der Waals surface area contributed by atoms with E-state index in [0.717, 1.165) is 65.1 Å². The van der Waals surface area contributed by atoms with Crippen LogP contribution in [-0.4, -0.2) is 47.5 Å². The summed E-state index contributed by atoms with van der Waals surface area (Å²) >= 11 is 6.39. The minimum atomic E-state index is -0.196. The molecule has 1 aromatic carbocycles. The van der Waals surface area contributed by atoms with Crippen LogP contribution in [-0.2, 0) is 11.3 Å². The van der Waals surface area contributed by atoms with Gasteiger partial charge < -0.3 is 10.1 Å². The molecular formula is C22H29ClN4O2. The van der Waals surface area contributed by atoms with Crippen LogP contribution >= 0.6 is 11.6 Å². The van der Waals surface area contributed by atoms with E-state index in [2.05, 4.69) is 39.6 Å². The van der Waals surface area contributed by atoms with Gasteiger partial charge in [-0.2, -0.15) is 5.10 Å². The highest BCUT2D eigenvalue weighted by Gasteiger charge is 2.24. The van der Waals surface area contributed by atoms with Gasteiger partial charge in [-0.05, 0) is 37.2 Å². The highest BCUT2D eigenvalue weighted by Crippen LogP contribution is 2.24. The fourth-order valence-electron chi connectivity index (χ4n) is 4.21. The van der Waals surface area contributed by atoms with Gasteiger partial charge >= 0.3 is 0 Å². The molecule has 0 spiro atoms. The second-order valence-corrected chi connectivity index (χ2v) is 8.46. The number of halogens is 1. The lowest BCUT2D eigenvalue weighted by atomic mass is 10.0. The van der Waals surface area contributed by atoms with Gasteiger partial charge in [-0.3, -0.25) is 9.69 Å². The number of nitrogens with one attached hydrogen (secondary N) is 1. The Morgan fingerprint density at radius 1 is 1.17 bits per heavy atom. The molecule has 0 radical (unpaired) electrons. The van der Waals surface area contributed by atoms with Crippen molar-refractivity contribution in [2.45, 2.75) is 38.3 Å². The zero-order valence-electron chi connectivity index (χ0n) is 16.7. The van der Waals surface area contributed by atoms with E-state index in [0.29, 0.717) is 11.6 Å². The van der Waals surface area contributed by atoms with Crippen LogP contribution < -0.4 is 10.9 Å². The standard InChI is InChI=1S/C22H29ClN4O2/c23-21-20(24-13-18-7-4-12-29-16-18)14-25-27(22(21)28)19-8-10-26(11-9-19)15-17-5-2-1-3-6-17/h1-3,5-6,14,18-19,24H,4,7-13,15-16H2. The van der Waals surface area contributed by atoms with Gasteiger partial charge in [-0.1, -0.05) is 41.9 Å². The fraction of sp³-hybridized carbons (Fsp3) is 0.545. The summed E-state index contributed by atoms with van der Waals surface area (Å²) in [6.45, 7) is 5.21. The van der Waals surface area contributed by atoms with Crippen LogP contribution in [0.2, 0.25) is 5.02 Å². The molecule has 1 aromatic heterocycles. The molecule has 0 saturated carbocycles. The molecule has 1 atom stereocenters. The molecule has 4 rings (SSSR count). The number of likely N-dealkylation sites (tertiary alicyclic amines) is 1. The normalized spacial score (nSPS) is 21.2. The molecule has 7 heteroatoms. The Morgan fingerprint density at radius 2 is 1.97 bits per heavy atom. The van der Waals surface area contributed by atoms with Gasteiger partial charge in [0, 0.05) is 32.8 Å². The van der Waals surface area contributed by atoms with Crippen molar-refractivity contribution in [3.63, 3.8) is 0 Å². The molecule has 2 fully saturated rings. The summed E-state index contributed by atoms with van der Waals surface area (Å²) < 4.78 is 7.09. The van der Waals surface area contributed by atoms with E-state index in [-0.39, 0.29) is 16.6 Å². The Hall–Kier alpha value is -1.89. The van der Waals surface area contributed by atoms with Crippen molar-refractivity contribution in [3.05, 3.63) is 57.5 Å². The second kappa shape index (κ2) is 9.74. The zero-order valence-corrected chi connectivity index (χ0v) is 17.5. The number of hydrogen-bond acceptors (Lipinski definition) is 5. The highest BCUT2D eigenvalue weighted by molar-refractivity contribution is 6.32. The van der Waals surface area contributed by atoms with Crippen molar-refractivity contribution in [2.24, 2.45) is 5.92 Å². The van der Waals surface area contributed by atoms with E-state index in [1.165, 1.54) is 5.56 Å². The zero-order chi connectivity index (χ0) is 20.1. The SMILES string of the molecule is O=c1c(Cl)c(NCC2CCCOC2)cnn1C1CCN(Cc2ccccc2)CC1. The maximum absolute atomic E-state index is 12.8. The first kappa shape index (κ1) is 20.4. The molecule has 2 aromatic rings. The van der Waals surface area contributed by atoms with E-state index in [4.69, 9.17) is 16.3 Å². The summed E-state index contributed by atoms with van der Waals surface area (Å²) in [5.41, 5.74) is 1.75. The average Bonchev–Trinajstić information content (AvgIpc) is 2.77. The molecule has 2 aliphatic heterocycles. The molecule has 3 heterocycles. The van der Waals surface area contributed by atoms with Gasteiger partial charge in [0.2, 0.25) is 0 Å². The molecule has 0 aliphatic carbocycles. The molecule has 2 saturated heterocycles. The van der Waals surface area contributed by atoms with Crippen molar-refractivity contribution in [2.75, 3.05) is 38.2 Å². The second-order valence-electron chi connectivity index (χ2n) is 8.08. The number of piperidine rings is 1. The van der Waals surface area contributed by atoms with Gasteiger partial charge in [0.1, 0.15) is 5.02 Å². The van der Waals surface area contributed by atoms with Gasteiger partial charge in [-0.15, -0.1) is 0 Å². The van der Waals surface area contributed by atoms with Gasteiger partial charge in [0.15, 0.2) is 0 Å². The van der Waals surface area contributed by atoms with E-state index in [1.54, 1.807) is 10.9 Å². The van der Waals surface area contributed by atoms with Gasteiger partial charge in [0.25, 0.3) is 5.56 Å². The van der Waals surface area contributed by atoms with Crippen molar-refractivity contribution in [1.29, 1.82) is 0 Å². The Balaban J connectivity index is 1.34. The topological polar surface area (TPSA) is 59.4 Å². The van der Waals surface area contributed by atoms with Gasteiger partial charge in [0.05, 0.1) is 24.5 Å². The first-order valence-electron chi connectivity index (χ1n) is 10.6. The summed E-state index contributed by atoms with van der Waals surface area (Å²) in [7, 11) is 0. The number of anilines is 1. The highest BCUT2D eigenvalue weighted by atomic mass is 35.5. The van der Waals surface area contributed by atoms with Crippen LogP contribution in [0.15, 0.2) is 41.3 Å². The molecule has 0 bridgehead atoms. The first-order chi connectivity index (χ1) is 14.2. The maximum atomic E-state index is 12.8. The number of nitrogens with zero attached hydrogens (tertiary/aromatic N) is 3. The smallest absolute Gasteiger partial charge is 0.287 e. The van der Waals surface area contributed by atoms with Crippen molar-refractivity contribution >= 4 is 17.3 Å². The van der Waals surface area contributed by atoms with Crippen LogP contribution in [0, 0.1) is 5.92 Å². The van der Waals surface area contributed by atoms with Crippen LogP contribution in [0.1, 0.15) is 37.3 Å². The number of hydrogen-bond donors (Lipinski definition) is 1. The van der Waals surface area contributed by atoms with Crippen LogP contribution in [0.25, 0.3) is 0 Å². The number of benzene rings is 1. The summed E-state index contributed by atoms with van der Waals surface area (Å²) in [4.78, 5) is 15.2. The lowest BCUT2D eigenvalue weighted by Crippen LogP contribution is -2.38. The van der Waals surface area contributed by atoms with E-state index >= 15 is 0 Å². The lowest BCUT2D eigenvalue weighted by Gasteiger charge is -2.32. The van der Waals surface area contributed by atoms with Crippen LogP contribution in [0.4, 0.5) is 5.69 Å². The molecule has 6 nitrogen and oxygen atoms in total. The summed E-state index contributed by atoms with van der Waals surface area (Å²) in [6, 6.07) is 10.6. The van der Waals surface area contributed by atoms with Crippen molar-refractivity contribution in [3.8, 4) is 0 Å². The van der Waals surface area contributed by atoms with Crippen molar-refractivity contribution < 1.29 is 4.74 Å². The number of rotatable bonds is 6. The molecule has 29 heavy (non-hydrogen) atoms. The molecule has 1 unspecified atom stereocenters. The quantitative estimate of drug-likeness (QED) is 0.780. The minimum absolute atomic E-state index is 0.104. The summed E-state index contributed by atoms with van der Waals surface area (Å²) in [6.07, 6.45) is 5.73. The average molecular weight is 417 g/mol. The Kier molecular flexibility index (Phi) is 6.85. The number of aromatic nitrogens is 2. The molecule has 0 amide bonds. The monoisotopic (exact) mass is 416 g/mol. The van der Waals surface area contributed by atoms with Crippen LogP contribution in [0.5, 0.6) is 0 Å². The fourth-order valence-corrected chi connectivity index (χ4v) is 4.42. The molecule has 2 aliphatic rings. The third kappa shape index (κ3) is 5.18. The molecular weight excluding hydrogens is 388 g/mol. The Morgan fingerprint density at radius 3 is 2.69 bits per heavy atom. The van der Waals surface area contributed by atoms with Crippen LogP contribution in [0.3, 0.4) is 0 Å². The van der Waals surface area contributed by atoms with Crippen molar-refractivity contribution in [1.82, 2.24) is 14.7 Å². The predicted molar refractivity (Wildman–Crippen MR) is 116 cm³/mol. The van der Waals surface area contributed by atoms with E-state index < -0.39 is 0 Å². The largest absolute Gasteiger partial charge is 0.382 e. The molecule has 156 valence electrons. The first-order valence-corrected chi connectivity index (χ1v) is 10.9. The van der Waals surface area contributed by atoms with E-state index in [9.17, 15) is 4.79 Å². The number of ether oxygens (including phenoxy) is 1. The lowest BCUT2D eigenvalue weighted by molar-refractivity contribution is 0.0595. The third-order valence-corrected chi connectivity index (χ3v) is 6.30. The Labute approximate surface area is 176 Å². The molecule has 1 N–H and O–H groups in total. The third-order valence-electron chi connectivity index (χ3n) is 5.93. The van der Waals surface area contributed by atoms with E-state index in [1.807, 2.05) is 6.07 Å².